The Balaban J connectivity index is 1.00. The Labute approximate surface area is 365 Å². The first-order valence-electron chi connectivity index (χ1n) is 21.1. The van der Waals surface area contributed by atoms with Crippen molar-refractivity contribution in [3.8, 4) is 67.3 Å². The smallest absolute Gasteiger partial charge is 0.160 e. The third-order valence-electron chi connectivity index (χ3n) is 12.6. The molecule has 0 radical (unpaired) electrons. The third-order valence-corrected chi connectivity index (χ3v) is 13.7. The molecule has 9 aromatic carbocycles. The van der Waals surface area contributed by atoms with Gasteiger partial charge in [0.1, 0.15) is 0 Å². The summed E-state index contributed by atoms with van der Waals surface area (Å²) in [5.41, 5.74) is 16.7. The van der Waals surface area contributed by atoms with Crippen LogP contribution in [-0.2, 0) is 5.41 Å². The van der Waals surface area contributed by atoms with E-state index in [2.05, 4.69) is 224 Å². The second kappa shape index (κ2) is 14.8. The number of hydrogen-bond acceptors (Lipinski definition) is 3. The maximum absolute atomic E-state index is 5.27. The fraction of sp³-hybridized carbons (Fsp3) is 0.0169. The van der Waals surface area contributed by atoms with E-state index in [0.717, 1.165) is 39.2 Å². The molecule has 0 bridgehead atoms. The summed E-state index contributed by atoms with van der Waals surface area (Å²) >= 11 is 1.85. The minimum absolute atomic E-state index is 0.466. The van der Waals surface area contributed by atoms with E-state index < -0.39 is 5.41 Å². The van der Waals surface area contributed by atoms with Crippen molar-refractivity contribution in [3.63, 3.8) is 0 Å². The van der Waals surface area contributed by atoms with Gasteiger partial charge in [0.05, 0.1) is 16.8 Å². The fourth-order valence-electron chi connectivity index (χ4n) is 9.80. The summed E-state index contributed by atoms with van der Waals surface area (Å²) in [4.78, 5) is 10.5. The molecule has 2 heterocycles. The van der Waals surface area contributed by atoms with Crippen LogP contribution < -0.4 is 0 Å². The van der Waals surface area contributed by atoms with Crippen LogP contribution in [0.1, 0.15) is 22.3 Å². The first-order valence-corrected chi connectivity index (χ1v) is 22.0. The molecule has 1 aliphatic rings. The summed E-state index contributed by atoms with van der Waals surface area (Å²) in [5, 5.41) is 2.60. The van der Waals surface area contributed by atoms with Crippen LogP contribution >= 0.6 is 11.3 Å². The fourth-order valence-corrected chi connectivity index (χ4v) is 10.9. The Morgan fingerprint density at radius 1 is 0.323 bits per heavy atom. The van der Waals surface area contributed by atoms with Gasteiger partial charge >= 0.3 is 0 Å². The van der Waals surface area contributed by atoms with Gasteiger partial charge in [-0.2, -0.15) is 0 Å². The van der Waals surface area contributed by atoms with Crippen LogP contribution in [0.3, 0.4) is 0 Å². The van der Waals surface area contributed by atoms with Crippen LogP contribution in [0, 0.1) is 0 Å². The van der Waals surface area contributed by atoms with Crippen LogP contribution in [0.4, 0.5) is 0 Å². The number of thiophene rings is 1. The van der Waals surface area contributed by atoms with Gasteiger partial charge in [-0.1, -0.05) is 194 Å². The predicted molar refractivity (Wildman–Crippen MR) is 259 cm³/mol. The van der Waals surface area contributed by atoms with Gasteiger partial charge in [0.15, 0.2) is 5.82 Å². The van der Waals surface area contributed by atoms with E-state index in [9.17, 15) is 0 Å². The molecular weight excluding hydrogens is 769 g/mol. The number of rotatable bonds is 7. The molecule has 0 atom stereocenters. The summed E-state index contributed by atoms with van der Waals surface area (Å²) < 4.78 is 2.62. The van der Waals surface area contributed by atoms with Gasteiger partial charge in [-0.3, -0.25) is 0 Å². The largest absolute Gasteiger partial charge is 0.228 e. The molecule has 0 saturated carbocycles. The molecule has 0 spiro atoms. The van der Waals surface area contributed by atoms with Crippen molar-refractivity contribution in [1.29, 1.82) is 0 Å². The van der Waals surface area contributed by atoms with Crippen molar-refractivity contribution in [2.75, 3.05) is 0 Å². The molecule has 3 heteroatoms. The van der Waals surface area contributed by atoms with Gasteiger partial charge in [0.25, 0.3) is 0 Å². The third kappa shape index (κ3) is 5.85. The molecule has 0 unspecified atom stereocenters. The Morgan fingerprint density at radius 2 is 0.839 bits per heavy atom. The lowest BCUT2D eigenvalue weighted by Gasteiger charge is -2.34. The van der Waals surface area contributed by atoms with Crippen LogP contribution in [0.15, 0.2) is 231 Å². The summed E-state index contributed by atoms with van der Waals surface area (Å²) in [6, 6.07) is 83.5. The number of hydrogen-bond donors (Lipinski definition) is 0. The molecule has 1 aliphatic carbocycles. The quantitative estimate of drug-likeness (QED) is 0.160. The monoisotopic (exact) mass is 806 g/mol. The average molecular weight is 807 g/mol. The topological polar surface area (TPSA) is 25.8 Å². The Kier molecular flexibility index (Phi) is 8.62. The molecule has 12 rings (SSSR count). The van der Waals surface area contributed by atoms with Gasteiger partial charge in [0, 0.05) is 36.9 Å². The van der Waals surface area contributed by atoms with Crippen molar-refractivity contribution in [1.82, 2.24) is 9.97 Å². The average Bonchev–Trinajstić information content (AvgIpc) is 3.88. The van der Waals surface area contributed by atoms with E-state index in [1.165, 1.54) is 64.7 Å². The standard InChI is InChI=1S/C59H38N2S/c1-4-17-39(18-5-1)58-60-53(43-21-14-19-40(35-43)41-33-34-56-50(37-41)48-27-11-13-32-55(48)62-56)38-54(61-58)44-22-15-20-42(36-44)47-29-16-31-52-57(47)49-28-10-12-30-51(49)59(52,45-23-6-2-7-24-45)46-25-8-3-9-26-46/h1-38H. The Hall–Kier alpha value is -7.72. The summed E-state index contributed by atoms with van der Waals surface area (Å²) in [7, 11) is 0. The lowest BCUT2D eigenvalue weighted by atomic mass is 9.67. The molecule has 290 valence electrons. The van der Waals surface area contributed by atoms with Gasteiger partial charge in [-0.05, 0) is 92.0 Å². The minimum Gasteiger partial charge on any atom is -0.228 e. The Bertz CT molecular complexity index is 3420. The molecule has 2 nitrogen and oxygen atoms in total. The maximum atomic E-state index is 5.27. The lowest BCUT2D eigenvalue weighted by molar-refractivity contribution is 0.768. The molecule has 62 heavy (non-hydrogen) atoms. The predicted octanol–water partition coefficient (Wildman–Crippen LogP) is 15.5. The molecule has 0 saturated heterocycles. The van der Waals surface area contributed by atoms with Crippen molar-refractivity contribution < 1.29 is 0 Å². The van der Waals surface area contributed by atoms with Crippen LogP contribution in [0.25, 0.3) is 87.5 Å². The molecular formula is C59H38N2S. The van der Waals surface area contributed by atoms with Gasteiger partial charge < -0.3 is 0 Å². The van der Waals surface area contributed by atoms with Crippen molar-refractivity contribution in [3.05, 3.63) is 253 Å². The lowest BCUT2D eigenvalue weighted by Crippen LogP contribution is -2.28. The molecule has 11 aromatic rings. The second-order valence-electron chi connectivity index (χ2n) is 16.1. The summed E-state index contributed by atoms with van der Waals surface area (Å²) in [6.07, 6.45) is 0. The SMILES string of the molecule is c1ccc(-c2nc(-c3cccc(-c4ccc5sc6ccccc6c5c4)c3)cc(-c3cccc(-c4cccc5c4-c4ccccc4C5(c4ccccc4)c4ccccc4)c3)n2)cc1. The minimum atomic E-state index is -0.466. The van der Waals surface area contributed by atoms with E-state index in [0.29, 0.717) is 5.82 Å². The van der Waals surface area contributed by atoms with Gasteiger partial charge in [-0.15, -0.1) is 11.3 Å². The summed E-state index contributed by atoms with van der Waals surface area (Å²) in [5.74, 6) is 0.699. The zero-order valence-corrected chi connectivity index (χ0v) is 34.6. The normalized spacial score (nSPS) is 12.6. The zero-order chi connectivity index (χ0) is 41.0. The highest BCUT2D eigenvalue weighted by molar-refractivity contribution is 7.25. The van der Waals surface area contributed by atoms with E-state index in [4.69, 9.17) is 9.97 Å². The van der Waals surface area contributed by atoms with Gasteiger partial charge in [0.2, 0.25) is 0 Å². The van der Waals surface area contributed by atoms with Crippen LogP contribution in [0.5, 0.6) is 0 Å². The number of benzene rings is 9. The maximum Gasteiger partial charge on any atom is 0.160 e. The zero-order valence-electron chi connectivity index (χ0n) is 33.7. The first kappa shape index (κ1) is 36.2. The van der Waals surface area contributed by atoms with Crippen molar-refractivity contribution >= 4 is 31.5 Å². The molecule has 0 fully saturated rings. The molecule has 0 N–H and O–H groups in total. The highest BCUT2D eigenvalue weighted by atomic mass is 32.1. The first-order chi connectivity index (χ1) is 30.7. The van der Waals surface area contributed by atoms with Crippen molar-refractivity contribution in [2.24, 2.45) is 0 Å². The van der Waals surface area contributed by atoms with Crippen molar-refractivity contribution in [2.45, 2.75) is 5.41 Å². The van der Waals surface area contributed by atoms with E-state index >= 15 is 0 Å². The van der Waals surface area contributed by atoms with E-state index in [1.807, 2.05) is 17.4 Å². The van der Waals surface area contributed by atoms with Gasteiger partial charge in [-0.25, -0.2) is 9.97 Å². The second-order valence-corrected chi connectivity index (χ2v) is 17.1. The van der Waals surface area contributed by atoms with E-state index in [-0.39, 0.29) is 0 Å². The summed E-state index contributed by atoms with van der Waals surface area (Å²) in [6.45, 7) is 0. The number of fused-ring (bicyclic) bond motifs is 6. The molecule has 0 aliphatic heterocycles. The molecule has 0 amide bonds. The number of nitrogens with zero attached hydrogens (tertiary/aromatic N) is 2. The highest BCUT2D eigenvalue weighted by Crippen LogP contribution is 2.58. The van der Waals surface area contributed by atoms with E-state index in [1.54, 1.807) is 0 Å². The van der Waals surface area contributed by atoms with Crippen LogP contribution in [-0.4, -0.2) is 9.97 Å². The Morgan fingerprint density at radius 3 is 1.58 bits per heavy atom. The number of aromatic nitrogens is 2. The van der Waals surface area contributed by atoms with Crippen LogP contribution in [0.2, 0.25) is 0 Å². The highest BCUT2D eigenvalue weighted by Gasteiger charge is 2.46. The molecule has 2 aromatic heterocycles.